The van der Waals surface area contributed by atoms with E-state index in [1.165, 1.54) is 22.7 Å². The van der Waals surface area contributed by atoms with Crippen molar-refractivity contribution in [2.75, 3.05) is 24.2 Å². The first kappa shape index (κ1) is 18.1. The van der Waals surface area contributed by atoms with E-state index in [2.05, 4.69) is 5.32 Å². The molecule has 1 aromatic rings. The van der Waals surface area contributed by atoms with E-state index in [1.807, 2.05) is 32.0 Å². The molecule has 7 heteroatoms. The summed E-state index contributed by atoms with van der Waals surface area (Å²) < 4.78 is 4.85. The molecule has 2 amide bonds. The molecule has 1 aliphatic heterocycles. The molecule has 2 rings (SSSR count). The van der Waals surface area contributed by atoms with Gasteiger partial charge in [0.1, 0.15) is 6.54 Å². The number of aryl methyl sites for hydroxylation is 2. The van der Waals surface area contributed by atoms with Gasteiger partial charge in [0.25, 0.3) is 0 Å². The van der Waals surface area contributed by atoms with Gasteiger partial charge in [-0.3, -0.25) is 14.5 Å². The van der Waals surface area contributed by atoms with Crippen molar-refractivity contribution in [1.29, 1.82) is 0 Å². The molecule has 0 bridgehead atoms. The number of amides is 2. The van der Waals surface area contributed by atoms with Crippen molar-refractivity contribution in [3.05, 3.63) is 40.4 Å². The average Bonchev–Trinajstić information content (AvgIpc) is 2.84. The van der Waals surface area contributed by atoms with Gasteiger partial charge in [0.05, 0.1) is 23.5 Å². The minimum absolute atomic E-state index is 0.134. The van der Waals surface area contributed by atoms with Crippen LogP contribution in [0.2, 0.25) is 0 Å². The van der Waals surface area contributed by atoms with Crippen LogP contribution in [0.25, 0.3) is 0 Å². The van der Waals surface area contributed by atoms with Gasteiger partial charge >= 0.3 is 5.97 Å². The topological polar surface area (TPSA) is 75.7 Å². The molecule has 1 saturated heterocycles. The standard InChI is InChI=1S/C17H20N2O4S/c1-4-23-17(22)8-16-19(15(21)10-24-16)9-14(20)18-13-7-11(2)5-6-12(13)3/h5-8H,4,9-10H2,1-3H3,(H,18,20). The molecule has 128 valence electrons. The molecule has 0 saturated carbocycles. The van der Waals surface area contributed by atoms with Gasteiger partial charge in [0.2, 0.25) is 11.8 Å². The first-order chi connectivity index (χ1) is 11.4. The lowest BCUT2D eigenvalue weighted by Crippen LogP contribution is -2.34. The third kappa shape index (κ3) is 4.61. The number of anilines is 1. The summed E-state index contributed by atoms with van der Waals surface area (Å²) in [6.45, 7) is 5.67. The van der Waals surface area contributed by atoms with Crippen LogP contribution < -0.4 is 5.32 Å². The predicted octanol–water partition coefficient (Wildman–Crippen LogP) is 2.22. The second kappa shape index (κ2) is 8.01. The number of carbonyl (C=O) groups excluding carboxylic acids is 3. The molecule has 1 aromatic carbocycles. The second-order valence-electron chi connectivity index (χ2n) is 5.37. The van der Waals surface area contributed by atoms with Crippen LogP contribution in [0.3, 0.4) is 0 Å². The molecular formula is C17H20N2O4S. The van der Waals surface area contributed by atoms with Crippen molar-refractivity contribution >= 4 is 35.2 Å². The summed E-state index contributed by atoms with van der Waals surface area (Å²) in [5, 5.41) is 3.25. The molecule has 1 fully saturated rings. The second-order valence-corrected chi connectivity index (χ2v) is 6.37. The van der Waals surface area contributed by atoms with E-state index < -0.39 is 5.97 Å². The van der Waals surface area contributed by atoms with Crippen LogP contribution >= 0.6 is 11.8 Å². The van der Waals surface area contributed by atoms with Crippen LogP contribution in [0.1, 0.15) is 18.1 Å². The lowest BCUT2D eigenvalue weighted by Gasteiger charge is -2.17. The van der Waals surface area contributed by atoms with Crippen LogP contribution in [-0.2, 0) is 19.1 Å². The minimum Gasteiger partial charge on any atom is -0.463 e. The Morgan fingerprint density at radius 3 is 2.83 bits per heavy atom. The zero-order valence-corrected chi connectivity index (χ0v) is 14.7. The van der Waals surface area contributed by atoms with Crippen molar-refractivity contribution in [2.45, 2.75) is 20.8 Å². The van der Waals surface area contributed by atoms with Crippen molar-refractivity contribution in [2.24, 2.45) is 0 Å². The van der Waals surface area contributed by atoms with Crippen LogP contribution in [0.4, 0.5) is 5.69 Å². The Hall–Kier alpha value is -2.28. The summed E-state index contributed by atoms with van der Waals surface area (Å²) in [4.78, 5) is 37.1. The first-order valence-corrected chi connectivity index (χ1v) is 8.58. The monoisotopic (exact) mass is 348 g/mol. The lowest BCUT2D eigenvalue weighted by atomic mass is 10.1. The van der Waals surface area contributed by atoms with Crippen LogP contribution in [0, 0.1) is 13.8 Å². The predicted molar refractivity (Wildman–Crippen MR) is 93.4 cm³/mol. The molecule has 0 unspecified atom stereocenters. The van der Waals surface area contributed by atoms with Crippen LogP contribution in [0.5, 0.6) is 0 Å². The molecule has 0 spiro atoms. The number of nitrogens with zero attached hydrogens (tertiary/aromatic N) is 1. The molecule has 0 aromatic heterocycles. The third-order valence-corrected chi connectivity index (χ3v) is 4.43. The zero-order chi connectivity index (χ0) is 17.7. The van der Waals surface area contributed by atoms with Gasteiger partial charge in [-0.05, 0) is 38.0 Å². The number of benzene rings is 1. The number of thioether (sulfide) groups is 1. The highest BCUT2D eigenvalue weighted by atomic mass is 32.2. The Morgan fingerprint density at radius 2 is 2.12 bits per heavy atom. The normalized spacial score (nSPS) is 15.7. The van der Waals surface area contributed by atoms with E-state index in [0.29, 0.717) is 5.03 Å². The number of esters is 1. The van der Waals surface area contributed by atoms with E-state index >= 15 is 0 Å². The summed E-state index contributed by atoms with van der Waals surface area (Å²) >= 11 is 1.22. The first-order valence-electron chi connectivity index (χ1n) is 7.59. The van der Waals surface area contributed by atoms with E-state index in [9.17, 15) is 14.4 Å². The largest absolute Gasteiger partial charge is 0.463 e. The quantitative estimate of drug-likeness (QED) is 0.652. The number of hydrogen-bond acceptors (Lipinski definition) is 5. The molecule has 0 atom stereocenters. The fourth-order valence-electron chi connectivity index (χ4n) is 2.19. The van der Waals surface area contributed by atoms with Gasteiger partial charge in [-0.25, -0.2) is 4.79 Å². The van der Waals surface area contributed by atoms with Gasteiger partial charge in [0.15, 0.2) is 0 Å². The van der Waals surface area contributed by atoms with Crippen molar-refractivity contribution < 1.29 is 19.1 Å². The van der Waals surface area contributed by atoms with Crippen molar-refractivity contribution in [1.82, 2.24) is 4.90 Å². The fraction of sp³-hybridized carbons (Fsp3) is 0.353. The summed E-state index contributed by atoms with van der Waals surface area (Å²) in [6.07, 6.45) is 1.25. The van der Waals surface area contributed by atoms with Crippen LogP contribution in [-0.4, -0.2) is 41.6 Å². The molecule has 1 aliphatic rings. The lowest BCUT2D eigenvalue weighted by molar-refractivity contribution is -0.137. The smallest absolute Gasteiger partial charge is 0.333 e. The maximum atomic E-state index is 12.3. The number of hydrogen-bond donors (Lipinski definition) is 1. The summed E-state index contributed by atoms with van der Waals surface area (Å²) in [7, 11) is 0. The molecule has 0 aliphatic carbocycles. The van der Waals surface area contributed by atoms with Gasteiger partial charge in [0, 0.05) is 5.69 Å². The highest BCUT2D eigenvalue weighted by molar-refractivity contribution is 8.04. The summed E-state index contributed by atoms with van der Waals surface area (Å²) in [5.41, 5.74) is 2.69. The highest BCUT2D eigenvalue weighted by Gasteiger charge is 2.29. The van der Waals surface area contributed by atoms with Gasteiger partial charge in [-0.15, -0.1) is 0 Å². The molecule has 0 radical (unpaired) electrons. The molecule has 24 heavy (non-hydrogen) atoms. The number of carbonyl (C=O) groups is 3. The Morgan fingerprint density at radius 1 is 1.38 bits per heavy atom. The average molecular weight is 348 g/mol. The third-order valence-electron chi connectivity index (χ3n) is 3.41. The van der Waals surface area contributed by atoms with Gasteiger partial charge in [-0.2, -0.15) is 0 Å². The Bertz CT molecular complexity index is 700. The van der Waals surface area contributed by atoms with Gasteiger partial charge in [-0.1, -0.05) is 23.9 Å². The van der Waals surface area contributed by atoms with E-state index in [-0.39, 0.29) is 30.7 Å². The molecule has 6 nitrogen and oxygen atoms in total. The van der Waals surface area contributed by atoms with Gasteiger partial charge < -0.3 is 10.1 Å². The van der Waals surface area contributed by atoms with Crippen molar-refractivity contribution in [3.8, 4) is 0 Å². The Labute approximate surface area is 145 Å². The van der Waals surface area contributed by atoms with E-state index in [0.717, 1.165) is 16.8 Å². The molecule has 1 N–H and O–H groups in total. The highest BCUT2D eigenvalue weighted by Crippen LogP contribution is 2.28. The maximum absolute atomic E-state index is 12.3. The minimum atomic E-state index is -0.519. The SMILES string of the molecule is CCOC(=O)C=C1SCC(=O)N1CC(=O)Nc1cc(C)ccc1C. The Kier molecular flexibility index (Phi) is 6.03. The number of rotatable bonds is 5. The Balaban J connectivity index is 2.07. The summed E-state index contributed by atoms with van der Waals surface area (Å²) in [5.74, 6) is -0.822. The maximum Gasteiger partial charge on any atom is 0.333 e. The van der Waals surface area contributed by atoms with Crippen molar-refractivity contribution in [3.63, 3.8) is 0 Å². The number of ether oxygens (including phenoxy) is 1. The number of nitrogens with one attached hydrogen (secondary N) is 1. The molecular weight excluding hydrogens is 328 g/mol. The van der Waals surface area contributed by atoms with E-state index in [1.54, 1.807) is 6.92 Å². The summed E-state index contributed by atoms with van der Waals surface area (Å²) in [6, 6.07) is 5.77. The fourth-order valence-corrected chi connectivity index (χ4v) is 3.12. The molecule has 1 heterocycles. The van der Waals surface area contributed by atoms with Crippen LogP contribution in [0.15, 0.2) is 29.3 Å². The zero-order valence-electron chi connectivity index (χ0n) is 13.9. The van der Waals surface area contributed by atoms with E-state index in [4.69, 9.17) is 4.74 Å².